The third kappa shape index (κ3) is 3.88. The largest absolute Gasteiger partial charge is 0.426 e. The summed E-state index contributed by atoms with van der Waals surface area (Å²) in [6.45, 7) is 6.42. The predicted octanol–water partition coefficient (Wildman–Crippen LogP) is 5.06. The van der Waals surface area contributed by atoms with Crippen LogP contribution in [-0.2, 0) is 24.0 Å². The molecule has 8 atom stereocenters. The van der Waals surface area contributed by atoms with Crippen molar-refractivity contribution in [2.75, 3.05) is 5.75 Å². The molecule has 0 amide bonds. The lowest BCUT2D eigenvalue weighted by molar-refractivity contribution is -0.568. The Bertz CT molecular complexity index is 869. The van der Waals surface area contributed by atoms with Crippen molar-refractivity contribution in [3.8, 4) is 5.75 Å². The Morgan fingerprint density at radius 2 is 2.06 bits per heavy atom. The van der Waals surface area contributed by atoms with Gasteiger partial charge in [0.15, 0.2) is 11.9 Å². The van der Waals surface area contributed by atoms with Crippen molar-refractivity contribution < 1.29 is 33.2 Å². The fourth-order valence-electron chi connectivity index (χ4n) is 6.03. The van der Waals surface area contributed by atoms with E-state index in [0.717, 1.165) is 25.7 Å². The maximum Gasteiger partial charge on any atom is 0.312 e. The van der Waals surface area contributed by atoms with Crippen LogP contribution >= 0.6 is 11.8 Å². The Morgan fingerprint density at radius 3 is 2.88 bits per heavy atom. The Hall–Kier alpha value is -1.19. The van der Waals surface area contributed by atoms with Gasteiger partial charge in [-0.2, -0.15) is 0 Å². The quantitative estimate of drug-likeness (QED) is 0.341. The Labute approximate surface area is 192 Å². The van der Waals surface area contributed by atoms with Crippen molar-refractivity contribution in [1.29, 1.82) is 0 Å². The number of ether oxygens (including phenoxy) is 3. The van der Waals surface area contributed by atoms with Gasteiger partial charge in [-0.05, 0) is 56.1 Å². The van der Waals surface area contributed by atoms with Gasteiger partial charge in [0.2, 0.25) is 5.79 Å². The SMILES string of the molecule is C[C@H]1[C@H](SCCC(=O)Oc2cccc(F)c2)O[C@@H]2OC3(C)CC[C@H]4[C@H](C)CC[C@@H]1[C@@]24OO3. The van der Waals surface area contributed by atoms with E-state index in [1.165, 1.54) is 18.2 Å². The van der Waals surface area contributed by atoms with E-state index < -0.39 is 23.5 Å². The average Bonchev–Trinajstić information content (AvgIpc) is 2.97. The minimum atomic E-state index is -0.790. The zero-order chi connectivity index (χ0) is 22.5. The molecule has 1 spiro atoms. The molecule has 1 aromatic carbocycles. The number of thioether (sulfide) groups is 1. The molecule has 5 aliphatic rings. The lowest BCUT2D eigenvalue weighted by Gasteiger charge is -2.60. The van der Waals surface area contributed by atoms with Crippen LogP contribution in [0.3, 0.4) is 0 Å². The monoisotopic (exact) mass is 466 g/mol. The van der Waals surface area contributed by atoms with Crippen LogP contribution in [0.4, 0.5) is 4.39 Å². The van der Waals surface area contributed by atoms with Crippen LogP contribution in [0.5, 0.6) is 5.75 Å². The second-order valence-corrected chi connectivity index (χ2v) is 11.0. The number of rotatable bonds is 5. The molecular formula is C24H31FO6S. The summed E-state index contributed by atoms with van der Waals surface area (Å²) in [6, 6.07) is 5.61. The van der Waals surface area contributed by atoms with E-state index in [1.807, 2.05) is 6.92 Å². The van der Waals surface area contributed by atoms with Crippen LogP contribution in [0.1, 0.15) is 52.9 Å². The molecule has 0 radical (unpaired) electrons. The molecule has 32 heavy (non-hydrogen) atoms. The number of halogens is 1. The lowest BCUT2D eigenvalue weighted by Crippen LogP contribution is -2.70. The summed E-state index contributed by atoms with van der Waals surface area (Å²) in [6.07, 6.45) is 3.73. The third-order valence-electron chi connectivity index (χ3n) is 7.71. The summed E-state index contributed by atoms with van der Waals surface area (Å²) in [4.78, 5) is 24.2. The number of carbonyl (C=O) groups excluding carboxylic acids is 1. The van der Waals surface area contributed by atoms with E-state index in [4.69, 9.17) is 24.0 Å². The van der Waals surface area contributed by atoms with Gasteiger partial charge in [0.1, 0.15) is 17.0 Å². The Morgan fingerprint density at radius 1 is 1.22 bits per heavy atom. The predicted molar refractivity (Wildman–Crippen MR) is 116 cm³/mol. The zero-order valence-electron chi connectivity index (χ0n) is 18.8. The van der Waals surface area contributed by atoms with Crippen LogP contribution in [0.25, 0.3) is 0 Å². The summed E-state index contributed by atoms with van der Waals surface area (Å²) < 4.78 is 31.4. The highest BCUT2D eigenvalue weighted by Gasteiger charge is 2.69. The van der Waals surface area contributed by atoms with Crippen molar-refractivity contribution >= 4 is 17.7 Å². The Kier molecular flexibility index (Phi) is 6.03. The first kappa shape index (κ1) is 22.6. The number of fused-ring (bicyclic) bond motifs is 2. The molecule has 176 valence electrons. The lowest BCUT2D eigenvalue weighted by atomic mass is 9.58. The van der Waals surface area contributed by atoms with Crippen LogP contribution < -0.4 is 4.74 Å². The molecule has 0 N–H and O–H groups in total. The first-order chi connectivity index (χ1) is 15.3. The molecular weight excluding hydrogens is 435 g/mol. The molecule has 1 unspecified atom stereocenters. The summed E-state index contributed by atoms with van der Waals surface area (Å²) in [5, 5.41) is 0. The van der Waals surface area contributed by atoms with Gasteiger partial charge in [0, 0.05) is 24.2 Å². The first-order valence-corrected chi connectivity index (χ1v) is 12.6. The molecule has 1 aromatic rings. The first-order valence-electron chi connectivity index (χ1n) is 11.6. The zero-order valence-corrected chi connectivity index (χ0v) is 19.6. The van der Waals surface area contributed by atoms with E-state index in [1.54, 1.807) is 17.8 Å². The highest BCUT2D eigenvalue weighted by atomic mass is 32.2. The van der Waals surface area contributed by atoms with E-state index in [-0.39, 0.29) is 35.4 Å². The number of hydrogen-bond acceptors (Lipinski definition) is 7. The van der Waals surface area contributed by atoms with Crippen molar-refractivity contribution in [2.24, 2.45) is 23.7 Å². The molecule has 6 nitrogen and oxygen atoms in total. The molecule has 6 rings (SSSR count). The summed E-state index contributed by atoms with van der Waals surface area (Å²) in [7, 11) is 0. The van der Waals surface area contributed by atoms with Gasteiger partial charge in [-0.15, -0.1) is 11.8 Å². The van der Waals surface area contributed by atoms with Gasteiger partial charge in [0.05, 0.1) is 6.42 Å². The number of benzene rings is 1. The van der Waals surface area contributed by atoms with Crippen molar-refractivity contribution in [1.82, 2.24) is 0 Å². The smallest absolute Gasteiger partial charge is 0.312 e. The van der Waals surface area contributed by atoms with E-state index in [0.29, 0.717) is 17.6 Å². The minimum absolute atomic E-state index is 0.113. The standard InChI is InChI=1S/C24H31FO6S/c1-14-7-8-19-15(2)21(32-12-10-20(26)27-17-6-4-5-16(25)13-17)28-22-24(19)18(14)9-11-23(3,29-22)30-31-24/h4-6,13-15,18-19,21-22H,7-12H2,1-3H3/t14-,15-,18+,19+,21+,22-,23?,24-/m1/s1. The highest BCUT2D eigenvalue weighted by Crippen LogP contribution is 2.61. The van der Waals surface area contributed by atoms with Gasteiger partial charge in [0.25, 0.3) is 0 Å². The van der Waals surface area contributed by atoms with Gasteiger partial charge >= 0.3 is 5.97 Å². The molecule has 4 aliphatic heterocycles. The van der Waals surface area contributed by atoms with Gasteiger partial charge in [-0.1, -0.05) is 19.9 Å². The molecule has 8 heteroatoms. The van der Waals surface area contributed by atoms with Crippen LogP contribution in [0.15, 0.2) is 24.3 Å². The second-order valence-electron chi connectivity index (χ2n) is 9.83. The normalized spacial score (nSPS) is 42.8. The average molecular weight is 467 g/mol. The third-order valence-corrected chi connectivity index (χ3v) is 9.02. The number of carbonyl (C=O) groups is 1. The number of hydrogen-bond donors (Lipinski definition) is 0. The summed E-state index contributed by atoms with van der Waals surface area (Å²) >= 11 is 1.60. The summed E-state index contributed by atoms with van der Waals surface area (Å²) in [5.41, 5.74) is -0.682. The molecule has 2 bridgehead atoms. The van der Waals surface area contributed by atoms with Crippen LogP contribution in [-0.4, -0.2) is 34.8 Å². The van der Waals surface area contributed by atoms with Crippen molar-refractivity contribution in [3.05, 3.63) is 30.1 Å². The van der Waals surface area contributed by atoms with Crippen molar-refractivity contribution in [2.45, 2.75) is 76.0 Å². The van der Waals surface area contributed by atoms with E-state index in [2.05, 4.69) is 13.8 Å². The van der Waals surface area contributed by atoms with Crippen molar-refractivity contribution in [3.63, 3.8) is 0 Å². The topological polar surface area (TPSA) is 63.2 Å². The van der Waals surface area contributed by atoms with E-state index in [9.17, 15) is 9.18 Å². The molecule has 5 fully saturated rings. The highest BCUT2D eigenvalue weighted by molar-refractivity contribution is 7.99. The molecule has 1 aliphatic carbocycles. The maximum atomic E-state index is 13.3. The molecule has 4 saturated heterocycles. The maximum absolute atomic E-state index is 13.3. The Balaban J connectivity index is 1.25. The van der Waals surface area contributed by atoms with Gasteiger partial charge in [-0.3, -0.25) is 4.79 Å². The molecule has 4 heterocycles. The summed E-state index contributed by atoms with van der Waals surface area (Å²) in [5.74, 6) is 0.516. The van der Waals surface area contributed by atoms with E-state index >= 15 is 0 Å². The van der Waals surface area contributed by atoms with Gasteiger partial charge < -0.3 is 14.2 Å². The van der Waals surface area contributed by atoms with Gasteiger partial charge in [-0.25, -0.2) is 14.2 Å². The fraction of sp³-hybridized carbons (Fsp3) is 0.708. The number of esters is 1. The van der Waals surface area contributed by atoms with Crippen LogP contribution in [0.2, 0.25) is 0 Å². The molecule has 0 aromatic heterocycles. The van der Waals surface area contributed by atoms with Crippen LogP contribution in [0, 0.1) is 29.5 Å². The molecule has 1 saturated carbocycles. The second kappa shape index (κ2) is 8.55. The fourth-order valence-corrected chi connectivity index (χ4v) is 7.22. The minimum Gasteiger partial charge on any atom is -0.426 e.